The maximum Gasteiger partial charge on any atom is 0.410 e. The summed E-state index contributed by atoms with van der Waals surface area (Å²) in [4.78, 5) is 22.2. The SMILES string of the molecule is CC(C)c1ccc(-c2nc3ccccn3c2CN2C3CCC2CN(C(=O)OC(C)(C)C)C3)cc1. The van der Waals surface area contributed by atoms with Gasteiger partial charge in [0.25, 0.3) is 0 Å². The van der Waals surface area contributed by atoms with E-state index in [2.05, 4.69) is 65.7 Å². The first-order valence-corrected chi connectivity index (χ1v) is 12.5. The number of carbonyl (C=O) groups is 1. The van der Waals surface area contributed by atoms with E-state index in [1.54, 1.807) is 0 Å². The minimum atomic E-state index is -0.468. The van der Waals surface area contributed by atoms with Gasteiger partial charge in [-0.1, -0.05) is 44.2 Å². The Bertz CT molecular complexity index is 1160. The summed E-state index contributed by atoms with van der Waals surface area (Å²) in [5.74, 6) is 0.506. The summed E-state index contributed by atoms with van der Waals surface area (Å²) >= 11 is 0. The molecule has 5 rings (SSSR count). The highest BCUT2D eigenvalue weighted by Gasteiger charge is 2.42. The van der Waals surface area contributed by atoms with Crippen LogP contribution in [-0.2, 0) is 11.3 Å². The molecule has 0 N–H and O–H groups in total. The van der Waals surface area contributed by atoms with Crippen molar-refractivity contribution in [3.8, 4) is 11.3 Å². The highest BCUT2D eigenvalue weighted by atomic mass is 16.6. The fourth-order valence-electron chi connectivity index (χ4n) is 5.35. The third-order valence-electron chi connectivity index (χ3n) is 7.10. The van der Waals surface area contributed by atoms with E-state index in [0.29, 0.717) is 18.0 Å². The van der Waals surface area contributed by atoms with Crippen molar-refractivity contribution in [3.63, 3.8) is 0 Å². The lowest BCUT2D eigenvalue weighted by Gasteiger charge is -2.41. The Balaban J connectivity index is 1.42. The molecular formula is C28H36N4O2. The monoisotopic (exact) mass is 460 g/mol. The number of aromatic nitrogens is 2. The summed E-state index contributed by atoms with van der Waals surface area (Å²) in [6, 6.07) is 15.7. The van der Waals surface area contributed by atoms with E-state index in [1.807, 2.05) is 31.7 Å². The van der Waals surface area contributed by atoms with Crippen molar-refractivity contribution >= 4 is 11.7 Å². The third kappa shape index (κ3) is 4.43. The molecule has 1 aromatic carbocycles. The Kier molecular flexibility index (Phi) is 5.88. The van der Waals surface area contributed by atoms with E-state index in [-0.39, 0.29) is 6.09 Å². The lowest BCUT2D eigenvalue weighted by molar-refractivity contribution is -0.000340. The molecule has 3 aromatic rings. The number of hydrogen-bond donors (Lipinski definition) is 0. The van der Waals surface area contributed by atoms with E-state index < -0.39 is 5.60 Å². The first-order valence-electron chi connectivity index (χ1n) is 12.5. The lowest BCUT2D eigenvalue weighted by Crippen LogP contribution is -2.55. The number of rotatable bonds is 4. The first-order chi connectivity index (χ1) is 16.2. The lowest BCUT2D eigenvalue weighted by atomic mass is 10.00. The topological polar surface area (TPSA) is 50.1 Å². The zero-order valence-electron chi connectivity index (χ0n) is 21.0. The van der Waals surface area contributed by atoms with Crippen LogP contribution in [0.15, 0.2) is 48.7 Å². The Morgan fingerprint density at radius 2 is 1.74 bits per heavy atom. The number of likely N-dealkylation sites (tertiary alicyclic amines) is 1. The molecule has 0 aliphatic carbocycles. The molecule has 6 nitrogen and oxygen atoms in total. The summed E-state index contributed by atoms with van der Waals surface area (Å²) in [6.45, 7) is 12.5. The summed E-state index contributed by atoms with van der Waals surface area (Å²) in [6.07, 6.45) is 4.14. The van der Waals surface area contributed by atoms with Gasteiger partial charge in [-0.2, -0.15) is 0 Å². The second-order valence-electron chi connectivity index (χ2n) is 11.1. The number of hydrogen-bond acceptors (Lipinski definition) is 4. The van der Waals surface area contributed by atoms with Gasteiger partial charge in [0, 0.05) is 43.5 Å². The van der Waals surface area contributed by atoms with Crippen LogP contribution in [0.3, 0.4) is 0 Å². The van der Waals surface area contributed by atoms with Crippen molar-refractivity contribution in [2.24, 2.45) is 0 Å². The molecule has 1 amide bonds. The largest absolute Gasteiger partial charge is 0.444 e. The molecule has 2 aliphatic heterocycles. The Hall–Kier alpha value is -2.86. The van der Waals surface area contributed by atoms with E-state index in [0.717, 1.165) is 49.4 Å². The molecule has 6 heteroatoms. The number of benzene rings is 1. The van der Waals surface area contributed by atoms with Gasteiger partial charge in [0.1, 0.15) is 11.2 Å². The molecule has 2 aliphatic rings. The standard InChI is InChI=1S/C28H36N4O2/c1-19(2)20-9-11-21(12-10-20)26-24(31-15-7-6-8-25(31)29-26)18-32-22-13-14-23(32)17-30(16-22)27(33)34-28(3,4)5/h6-12,15,19,22-23H,13-14,16-18H2,1-5H3. The number of imidazole rings is 1. The number of nitrogens with zero attached hydrogens (tertiary/aromatic N) is 4. The number of pyridine rings is 1. The Labute approximate surface area is 202 Å². The van der Waals surface area contributed by atoms with Crippen LogP contribution in [0, 0.1) is 0 Å². The third-order valence-corrected chi connectivity index (χ3v) is 7.10. The van der Waals surface area contributed by atoms with Crippen molar-refractivity contribution in [3.05, 3.63) is 59.9 Å². The van der Waals surface area contributed by atoms with Crippen LogP contribution in [0.4, 0.5) is 4.79 Å². The average molecular weight is 461 g/mol. The van der Waals surface area contributed by atoms with Gasteiger partial charge in [-0.3, -0.25) is 4.90 Å². The molecule has 2 atom stereocenters. The second-order valence-corrected chi connectivity index (χ2v) is 11.1. The van der Waals surface area contributed by atoms with Crippen LogP contribution in [0.5, 0.6) is 0 Å². The summed E-state index contributed by atoms with van der Waals surface area (Å²) in [5, 5.41) is 0. The van der Waals surface area contributed by atoms with Gasteiger partial charge >= 0.3 is 6.09 Å². The van der Waals surface area contributed by atoms with Crippen LogP contribution in [0.2, 0.25) is 0 Å². The number of carbonyl (C=O) groups excluding carboxylic acids is 1. The molecular weight excluding hydrogens is 424 g/mol. The van der Waals surface area contributed by atoms with E-state index in [1.165, 1.54) is 11.3 Å². The van der Waals surface area contributed by atoms with Gasteiger partial charge in [-0.15, -0.1) is 0 Å². The van der Waals surface area contributed by atoms with Gasteiger partial charge in [0.2, 0.25) is 0 Å². The molecule has 180 valence electrons. The molecule has 34 heavy (non-hydrogen) atoms. The molecule has 2 saturated heterocycles. The molecule has 2 aromatic heterocycles. The van der Waals surface area contributed by atoms with Crippen molar-refractivity contribution in [1.29, 1.82) is 0 Å². The van der Waals surface area contributed by atoms with E-state index >= 15 is 0 Å². The van der Waals surface area contributed by atoms with E-state index in [4.69, 9.17) is 9.72 Å². The van der Waals surface area contributed by atoms with Crippen LogP contribution in [-0.4, -0.2) is 56.1 Å². The quantitative estimate of drug-likeness (QED) is 0.500. The first kappa shape index (κ1) is 22.9. The summed E-state index contributed by atoms with van der Waals surface area (Å²) in [5.41, 5.74) is 5.27. The normalized spacial score (nSPS) is 20.9. The van der Waals surface area contributed by atoms with Crippen molar-refractivity contribution in [2.45, 2.75) is 77.6 Å². The van der Waals surface area contributed by atoms with Crippen molar-refractivity contribution < 1.29 is 9.53 Å². The minimum Gasteiger partial charge on any atom is -0.444 e. The number of piperazine rings is 1. The smallest absolute Gasteiger partial charge is 0.410 e. The molecule has 4 heterocycles. The number of ether oxygens (including phenoxy) is 1. The Morgan fingerprint density at radius 3 is 2.35 bits per heavy atom. The molecule has 2 unspecified atom stereocenters. The summed E-state index contributed by atoms with van der Waals surface area (Å²) in [7, 11) is 0. The molecule has 2 bridgehead atoms. The number of fused-ring (bicyclic) bond motifs is 3. The van der Waals surface area contributed by atoms with Gasteiger partial charge < -0.3 is 14.0 Å². The van der Waals surface area contributed by atoms with Crippen LogP contribution in [0.25, 0.3) is 16.9 Å². The predicted octanol–water partition coefficient (Wildman–Crippen LogP) is 5.71. The van der Waals surface area contributed by atoms with Gasteiger partial charge in [0.05, 0.1) is 11.4 Å². The predicted molar refractivity (Wildman–Crippen MR) is 135 cm³/mol. The minimum absolute atomic E-state index is 0.190. The fourth-order valence-corrected chi connectivity index (χ4v) is 5.35. The van der Waals surface area contributed by atoms with Crippen molar-refractivity contribution in [2.75, 3.05) is 13.1 Å². The average Bonchev–Trinajstić information content (AvgIpc) is 3.25. The van der Waals surface area contributed by atoms with Crippen LogP contribution in [0.1, 0.15) is 64.6 Å². The molecule has 0 saturated carbocycles. The molecule has 2 fully saturated rings. The second kappa shape index (κ2) is 8.73. The van der Waals surface area contributed by atoms with Gasteiger partial charge in [0.15, 0.2) is 0 Å². The fraction of sp³-hybridized carbons (Fsp3) is 0.500. The molecule has 0 radical (unpaired) electrons. The van der Waals surface area contributed by atoms with Gasteiger partial charge in [-0.25, -0.2) is 9.78 Å². The highest BCUT2D eigenvalue weighted by molar-refractivity contribution is 5.69. The maximum atomic E-state index is 12.7. The highest BCUT2D eigenvalue weighted by Crippen LogP contribution is 2.35. The van der Waals surface area contributed by atoms with Crippen molar-refractivity contribution in [1.82, 2.24) is 19.2 Å². The zero-order valence-corrected chi connectivity index (χ0v) is 21.0. The number of amides is 1. The Morgan fingerprint density at radius 1 is 1.06 bits per heavy atom. The van der Waals surface area contributed by atoms with Gasteiger partial charge in [-0.05, 0) is 57.2 Å². The van der Waals surface area contributed by atoms with Crippen LogP contribution >= 0.6 is 0 Å². The maximum absolute atomic E-state index is 12.7. The zero-order chi connectivity index (χ0) is 24.0. The summed E-state index contributed by atoms with van der Waals surface area (Å²) < 4.78 is 7.89. The molecule has 0 spiro atoms. The van der Waals surface area contributed by atoms with E-state index in [9.17, 15) is 4.79 Å². The van der Waals surface area contributed by atoms with Crippen LogP contribution < -0.4 is 0 Å².